The second-order valence-corrected chi connectivity index (χ2v) is 3.64. The van der Waals surface area contributed by atoms with Crippen molar-refractivity contribution in [2.75, 3.05) is 0 Å². The minimum absolute atomic E-state index is 0.219. The Bertz CT molecular complexity index is 433. The van der Waals surface area contributed by atoms with Crippen LogP contribution in [0.4, 0.5) is 0 Å². The summed E-state index contributed by atoms with van der Waals surface area (Å²) in [6, 6.07) is 1.99. The topological polar surface area (TPSA) is 69.1 Å². The van der Waals surface area contributed by atoms with E-state index < -0.39 is 5.91 Å². The van der Waals surface area contributed by atoms with E-state index in [0.29, 0.717) is 6.42 Å². The van der Waals surface area contributed by atoms with Gasteiger partial charge in [-0.1, -0.05) is 5.16 Å². The molecular formula is C9H8N2O2S. The van der Waals surface area contributed by atoms with Gasteiger partial charge in [0.25, 0.3) is 5.91 Å². The lowest BCUT2D eigenvalue weighted by Crippen LogP contribution is -2.13. The highest BCUT2D eigenvalue weighted by Crippen LogP contribution is 2.15. The number of amides is 1. The summed E-state index contributed by atoms with van der Waals surface area (Å²) in [5, 5.41) is 7.54. The van der Waals surface area contributed by atoms with Crippen LogP contribution in [0, 0.1) is 0 Å². The van der Waals surface area contributed by atoms with Crippen LogP contribution in [0.1, 0.15) is 21.6 Å². The first-order valence-electron chi connectivity index (χ1n) is 4.01. The fourth-order valence-electron chi connectivity index (χ4n) is 1.20. The van der Waals surface area contributed by atoms with Gasteiger partial charge in [-0.3, -0.25) is 4.79 Å². The summed E-state index contributed by atoms with van der Waals surface area (Å²) < 4.78 is 4.71. The molecule has 2 heterocycles. The fourth-order valence-corrected chi connectivity index (χ4v) is 1.87. The molecule has 0 bridgehead atoms. The first-order chi connectivity index (χ1) is 6.77. The molecule has 72 valence electrons. The van der Waals surface area contributed by atoms with Crippen LogP contribution in [-0.4, -0.2) is 11.1 Å². The van der Waals surface area contributed by atoms with Crippen molar-refractivity contribution in [3.05, 3.63) is 39.9 Å². The zero-order valence-corrected chi connectivity index (χ0v) is 8.08. The molecule has 0 unspecified atom stereocenters. The highest BCUT2D eigenvalue weighted by Gasteiger charge is 2.13. The molecule has 2 aromatic heterocycles. The molecule has 2 rings (SSSR count). The number of carbonyl (C=O) groups is 1. The molecule has 4 nitrogen and oxygen atoms in total. The first-order valence-corrected chi connectivity index (χ1v) is 4.96. The van der Waals surface area contributed by atoms with Gasteiger partial charge in [0, 0.05) is 12.0 Å². The van der Waals surface area contributed by atoms with E-state index in [9.17, 15) is 4.79 Å². The van der Waals surface area contributed by atoms with Crippen LogP contribution in [-0.2, 0) is 6.42 Å². The molecule has 0 spiro atoms. The van der Waals surface area contributed by atoms with E-state index in [4.69, 9.17) is 10.3 Å². The van der Waals surface area contributed by atoms with E-state index in [2.05, 4.69) is 5.16 Å². The fraction of sp³-hybridized carbons (Fsp3) is 0.111. The first kappa shape index (κ1) is 8.96. The summed E-state index contributed by atoms with van der Waals surface area (Å²) in [4.78, 5) is 10.9. The van der Waals surface area contributed by atoms with Crippen molar-refractivity contribution in [2.24, 2.45) is 5.73 Å². The maximum absolute atomic E-state index is 10.9. The van der Waals surface area contributed by atoms with Crippen molar-refractivity contribution < 1.29 is 9.32 Å². The number of hydrogen-bond donors (Lipinski definition) is 1. The summed E-state index contributed by atoms with van der Waals surface area (Å²) in [5.41, 5.74) is 7.21. The second-order valence-electron chi connectivity index (χ2n) is 2.86. The molecule has 0 aromatic carbocycles. The summed E-state index contributed by atoms with van der Waals surface area (Å²) in [6.45, 7) is 0. The van der Waals surface area contributed by atoms with Crippen LogP contribution in [0.3, 0.4) is 0 Å². The smallest absolute Gasteiger partial charge is 0.271 e. The third kappa shape index (κ3) is 1.67. The van der Waals surface area contributed by atoms with Gasteiger partial charge in [0.05, 0.1) is 0 Å². The molecule has 5 heteroatoms. The van der Waals surface area contributed by atoms with Crippen LogP contribution < -0.4 is 5.73 Å². The molecule has 1 amide bonds. The number of nitrogens with two attached hydrogens (primary N) is 1. The molecule has 0 atom stereocenters. The van der Waals surface area contributed by atoms with Gasteiger partial charge in [0.1, 0.15) is 6.26 Å². The molecule has 0 saturated carbocycles. The van der Waals surface area contributed by atoms with E-state index in [1.165, 1.54) is 6.26 Å². The molecule has 0 aliphatic rings. The van der Waals surface area contributed by atoms with Crippen molar-refractivity contribution in [2.45, 2.75) is 6.42 Å². The molecule has 0 aliphatic heterocycles. The molecular weight excluding hydrogens is 200 g/mol. The van der Waals surface area contributed by atoms with E-state index in [-0.39, 0.29) is 5.69 Å². The summed E-state index contributed by atoms with van der Waals surface area (Å²) >= 11 is 1.61. The summed E-state index contributed by atoms with van der Waals surface area (Å²) in [5.74, 6) is -0.552. The maximum atomic E-state index is 10.9. The number of nitrogens with zero attached hydrogens (tertiary/aromatic N) is 1. The standard InChI is InChI=1S/C9H8N2O2S/c10-9(12)8-7(4-13-11-8)3-6-1-2-14-5-6/h1-2,4-5H,3H2,(H2,10,12). The van der Waals surface area contributed by atoms with Gasteiger partial charge in [-0.05, 0) is 22.4 Å². The second kappa shape index (κ2) is 3.63. The Balaban J connectivity index is 2.25. The molecule has 0 saturated heterocycles. The lowest BCUT2D eigenvalue weighted by atomic mass is 10.1. The largest absolute Gasteiger partial charge is 0.364 e. The molecule has 2 aromatic rings. The Hall–Kier alpha value is -1.62. The Morgan fingerprint density at radius 2 is 2.50 bits per heavy atom. The van der Waals surface area contributed by atoms with E-state index >= 15 is 0 Å². The van der Waals surface area contributed by atoms with Crippen LogP contribution in [0.2, 0.25) is 0 Å². The van der Waals surface area contributed by atoms with E-state index in [1.807, 2.05) is 16.8 Å². The van der Waals surface area contributed by atoms with Crippen molar-refractivity contribution in [1.82, 2.24) is 5.16 Å². The lowest BCUT2D eigenvalue weighted by molar-refractivity contribution is 0.0991. The van der Waals surface area contributed by atoms with Crippen LogP contribution in [0.25, 0.3) is 0 Å². The Morgan fingerprint density at radius 1 is 1.64 bits per heavy atom. The van der Waals surface area contributed by atoms with Gasteiger partial charge >= 0.3 is 0 Å². The lowest BCUT2D eigenvalue weighted by Gasteiger charge is -1.94. The van der Waals surface area contributed by atoms with Crippen molar-refractivity contribution in [1.29, 1.82) is 0 Å². The minimum atomic E-state index is -0.552. The van der Waals surface area contributed by atoms with Gasteiger partial charge < -0.3 is 10.3 Å². The van der Waals surface area contributed by atoms with E-state index in [0.717, 1.165) is 11.1 Å². The number of carbonyl (C=O) groups excluding carboxylic acids is 1. The van der Waals surface area contributed by atoms with Crippen molar-refractivity contribution >= 4 is 17.2 Å². The van der Waals surface area contributed by atoms with Crippen LogP contribution in [0.15, 0.2) is 27.6 Å². The zero-order valence-electron chi connectivity index (χ0n) is 7.27. The Kier molecular flexibility index (Phi) is 2.32. The molecule has 2 N–H and O–H groups in total. The van der Waals surface area contributed by atoms with E-state index in [1.54, 1.807) is 11.3 Å². The van der Waals surface area contributed by atoms with Crippen molar-refractivity contribution in [3.63, 3.8) is 0 Å². The van der Waals surface area contributed by atoms with Gasteiger partial charge in [-0.25, -0.2) is 0 Å². The molecule has 0 radical (unpaired) electrons. The third-order valence-electron chi connectivity index (χ3n) is 1.85. The molecule has 0 fully saturated rings. The van der Waals surface area contributed by atoms with Gasteiger partial charge in [0.15, 0.2) is 5.69 Å². The number of hydrogen-bond acceptors (Lipinski definition) is 4. The van der Waals surface area contributed by atoms with Gasteiger partial charge in [-0.15, -0.1) is 0 Å². The zero-order chi connectivity index (χ0) is 9.97. The highest BCUT2D eigenvalue weighted by atomic mass is 32.1. The quantitative estimate of drug-likeness (QED) is 0.829. The molecule has 14 heavy (non-hydrogen) atoms. The average Bonchev–Trinajstić information content (AvgIpc) is 2.75. The predicted molar refractivity (Wildman–Crippen MR) is 52.1 cm³/mol. The van der Waals surface area contributed by atoms with Gasteiger partial charge in [-0.2, -0.15) is 11.3 Å². The predicted octanol–water partition coefficient (Wildman–Crippen LogP) is 1.43. The average molecular weight is 208 g/mol. The third-order valence-corrected chi connectivity index (χ3v) is 2.58. The van der Waals surface area contributed by atoms with Crippen molar-refractivity contribution in [3.8, 4) is 0 Å². The highest BCUT2D eigenvalue weighted by molar-refractivity contribution is 7.07. The summed E-state index contributed by atoms with van der Waals surface area (Å²) in [7, 11) is 0. The number of aromatic nitrogens is 1. The minimum Gasteiger partial charge on any atom is -0.364 e. The summed E-state index contributed by atoms with van der Waals surface area (Å²) in [6.07, 6.45) is 2.09. The SMILES string of the molecule is NC(=O)c1nocc1Cc1ccsc1. The number of rotatable bonds is 3. The normalized spacial score (nSPS) is 10.3. The Labute approximate surface area is 84.3 Å². The van der Waals surface area contributed by atoms with Crippen LogP contribution >= 0.6 is 11.3 Å². The van der Waals surface area contributed by atoms with Gasteiger partial charge in [0.2, 0.25) is 0 Å². The molecule has 0 aliphatic carbocycles. The number of primary amides is 1. The monoisotopic (exact) mass is 208 g/mol. The number of thiophene rings is 1. The maximum Gasteiger partial charge on any atom is 0.271 e. The van der Waals surface area contributed by atoms with Crippen LogP contribution in [0.5, 0.6) is 0 Å². The Morgan fingerprint density at radius 3 is 3.14 bits per heavy atom.